The summed E-state index contributed by atoms with van der Waals surface area (Å²) >= 11 is 1.37. The highest BCUT2D eigenvalue weighted by atomic mass is 32.2. The smallest absolute Gasteiger partial charge is 0.233 e. The molecule has 1 fully saturated rings. The lowest BCUT2D eigenvalue weighted by atomic mass is 10.0. The number of fused-ring (bicyclic) bond motifs is 3. The Morgan fingerprint density at radius 1 is 1.50 bits per heavy atom. The van der Waals surface area contributed by atoms with Gasteiger partial charge in [-0.3, -0.25) is 4.79 Å². The molecule has 4 heterocycles. The molecule has 24 heavy (non-hydrogen) atoms. The summed E-state index contributed by atoms with van der Waals surface area (Å²) in [5.74, 6) is 0.433. The van der Waals surface area contributed by atoms with Crippen molar-refractivity contribution in [2.75, 3.05) is 18.8 Å². The molecule has 0 spiro atoms. The Balaban J connectivity index is 1.40. The number of ether oxygens (including phenoxy) is 1. The van der Waals surface area contributed by atoms with Gasteiger partial charge in [0.25, 0.3) is 0 Å². The average Bonchev–Trinajstić information content (AvgIpc) is 3.08. The zero-order chi connectivity index (χ0) is 16.5. The summed E-state index contributed by atoms with van der Waals surface area (Å²) in [4.78, 5) is 22.9. The van der Waals surface area contributed by atoms with Crippen molar-refractivity contribution in [3.05, 3.63) is 29.8 Å². The summed E-state index contributed by atoms with van der Waals surface area (Å²) in [7, 11) is 0. The second-order valence-electron chi connectivity index (χ2n) is 5.98. The topological polar surface area (TPSA) is 86.0 Å². The molecule has 9 heteroatoms. The minimum atomic E-state index is 0.0502. The van der Waals surface area contributed by atoms with Crippen molar-refractivity contribution < 1.29 is 9.53 Å². The second-order valence-corrected chi connectivity index (χ2v) is 6.93. The quantitative estimate of drug-likeness (QED) is 0.601. The van der Waals surface area contributed by atoms with Crippen molar-refractivity contribution in [2.24, 2.45) is 0 Å². The van der Waals surface area contributed by atoms with Crippen molar-refractivity contribution in [3.63, 3.8) is 0 Å². The number of rotatable bonds is 3. The number of aromatic nitrogens is 5. The Labute approximate surface area is 143 Å². The molecule has 0 aromatic carbocycles. The van der Waals surface area contributed by atoms with Crippen LogP contribution >= 0.6 is 11.8 Å². The maximum Gasteiger partial charge on any atom is 0.233 e. The molecule has 0 aliphatic carbocycles. The Morgan fingerprint density at radius 3 is 3.29 bits per heavy atom. The molecule has 1 saturated heterocycles. The average molecular weight is 346 g/mol. The predicted molar refractivity (Wildman–Crippen MR) is 86.3 cm³/mol. The van der Waals surface area contributed by atoms with Gasteiger partial charge in [0.15, 0.2) is 5.16 Å². The predicted octanol–water partition coefficient (Wildman–Crippen LogP) is 0.841. The summed E-state index contributed by atoms with van der Waals surface area (Å²) in [6.07, 6.45) is 4.37. The Hall–Kier alpha value is -2.00. The van der Waals surface area contributed by atoms with Crippen molar-refractivity contribution in [1.29, 1.82) is 0 Å². The van der Waals surface area contributed by atoms with Crippen LogP contribution in [0.2, 0.25) is 0 Å². The van der Waals surface area contributed by atoms with Gasteiger partial charge in [-0.25, -0.2) is 14.6 Å². The van der Waals surface area contributed by atoms with Crippen LogP contribution in [0.3, 0.4) is 0 Å². The van der Waals surface area contributed by atoms with Crippen LogP contribution in [-0.2, 0) is 16.1 Å². The zero-order valence-corrected chi connectivity index (χ0v) is 14.1. The van der Waals surface area contributed by atoms with Gasteiger partial charge < -0.3 is 9.64 Å². The molecule has 2 aliphatic rings. The van der Waals surface area contributed by atoms with Crippen molar-refractivity contribution in [2.45, 2.75) is 37.3 Å². The fourth-order valence-electron chi connectivity index (χ4n) is 3.12. The van der Waals surface area contributed by atoms with Crippen LogP contribution in [0.1, 0.15) is 23.9 Å². The normalized spacial score (nSPS) is 22.8. The Kier molecular flexibility index (Phi) is 4.19. The molecule has 2 aromatic heterocycles. The minimum Gasteiger partial charge on any atom is -0.370 e. The second kappa shape index (κ2) is 6.48. The van der Waals surface area contributed by atoms with Gasteiger partial charge in [0.05, 0.1) is 36.4 Å². The van der Waals surface area contributed by atoms with E-state index in [2.05, 4.69) is 20.3 Å². The number of nitrogens with zero attached hydrogens (tertiary/aromatic N) is 6. The van der Waals surface area contributed by atoms with Gasteiger partial charge in [-0.15, -0.1) is 5.10 Å². The van der Waals surface area contributed by atoms with Crippen LogP contribution in [0.4, 0.5) is 0 Å². The van der Waals surface area contributed by atoms with Crippen LogP contribution in [0.15, 0.2) is 23.6 Å². The number of likely N-dealkylation sites (tertiary alicyclic amines) is 1. The largest absolute Gasteiger partial charge is 0.370 e. The van der Waals surface area contributed by atoms with E-state index >= 15 is 0 Å². The SMILES string of the molecule is Cc1ccnc(SCC(=O)N2CC[C@@H]3OCc4cnnn4[C@H]3C2)n1. The molecule has 8 nitrogen and oxygen atoms in total. The molecule has 0 radical (unpaired) electrons. The first kappa shape index (κ1) is 15.5. The van der Waals surface area contributed by atoms with E-state index in [0.29, 0.717) is 30.6 Å². The van der Waals surface area contributed by atoms with E-state index in [4.69, 9.17) is 4.74 Å². The van der Waals surface area contributed by atoms with E-state index in [-0.39, 0.29) is 18.1 Å². The number of carbonyl (C=O) groups is 1. The van der Waals surface area contributed by atoms with Crippen LogP contribution in [0.25, 0.3) is 0 Å². The van der Waals surface area contributed by atoms with Gasteiger partial charge in [-0.05, 0) is 19.4 Å². The minimum absolute atomic E-state index is 0.0502. The van der Waals surface area contributed by atoms with E-state index < -0.39 is 0 Å². The number of amides is 1. The highest BCUT2D eigenvalue weighted by Crippen LogP contribution is 2.30. The number of hydrogen-bond donors (Lipinski definition) is 0. The number of hydrogen-bond acceptors (Lipinski definition) is 7. The standard InChI is InChI=1S/C15H18N6O2S/c1-10-2-4-16-15(18-10)24-9-14(22)20-5-3-13-12(7-20)21-11(8-23-13)6-17-19-21/h2,4,6,12-13H,3,5,7-9H2,1H3/t12-,13-/m0/s1. The van der Waals surface area contributed by atoms with Crippen LogP contribution in [0, 0.1) is 6.92 Å². The zero-order valence-electron chi connectivity index (χ0n) is 13.3. The molecule has 0 N–H and O–H groups in total. The number of thioether (sulfide) groups is 1. The van der Waals surface area contributed by atoms with E-state index in [1.54, 1.807) is 12.4 Å². The summed E-state index contributed by atoms with van der Waals surface area (Å²) in [6, 6.07) is 1.89. The Bertz CT molecular complexity index is 751. The lowest BCUT2D eigenvalue weighted by molar-refractivity contribution is -0.135. The number of carbonyl (C=O) groups excluding carboxylic acids is 1. The monoisotopic (exact) mass is 346 g/mol. The summed E-state index contributed by atoms with van der Waals surface area (Å²) in [5, 5.41) is 8.76. The molecular formula is C15H18N6O2S. The maximum atomic E-state index is 12.5. The third-order valence-corrected chi connectivity index (χ3v) is 5.22. The lowest BCUT2D eigenvalue weighted by Crippen LogP contribution is -2.50. The van der Waals surface area contributed by atoms with E-state index in [9.17, 15) is 4.79 Å². The fourth-order valence-corrected chi connectivity index (χ4v) is 3.90. The summed E-state index contributed by atoms with van der Waals surface area (Å²) < 4.78 is 7.78. The fraction of sp³-hybridized carbons (Fsp3) is 0.533. The highest BCUT2D eigenvalue weighted by molar-refractivity contribution is 7.99. The Morgan fingerprint density at radius 2 is 2.42 bits per heavy atom. The molecule has 4 rings (SSSR count). The van der Waals surface area contributed by atoms with Gasteiger partial charge in [0, 0.05) is 25.0 Å². The molecule has 2 aromatic rings. The molecule has 126 valence electrons. The highest BCUT2D eigenvalue weighted by Gasteiger charge is 2.37. The first-order valence-electron chi connectivity index (χ1n) is 7.91. The van der Waals surface area contributed by atoms with Gasteiger partial charge in [-0.1, -0.05) is 17.0 Å². The van der Waals surface area contributed by atoms with Crippen LogP contribution in [-0.4, -0.2) is 60.7 Å². The molecule has 0 unspecified atom stereocenters. The van der Waals surface area contributed by atoms with E-state index in [1.807, 2.05) is 22.6 Å². The van der Waals surface area contributed by atoms with Gasteiger partial charge in [0.1, 0.15) is 0 Å². The van der Waals surface area contributed by atoms with Crippen molar-refractivity contribution in [1.82, 2.24) is 29.9 Å². The number of piperidine rings is 1. The van der Waals surface area contributed by atoms with E-state index in [1.165, 1.54) is 11.8 Å². The molecule has 1 amide bonds. The maximum absolute atomic E-state index is 12.5. The van der Waals surface area contributed by atoms with Crippen LogP contribution < -0.4 is 0 Å². The van der Waals surface area contributed by atoms with Gasteiger partial charge in [-0.2, -0.15) is 0 Å². The third-order valence-electron chi connectivity index (χ3n) is 4.38. The number of aryl methyl sites for hydroxylation is 1. The first-order chi connectivity index (χ1) is 11.7. The molecule has 0 bridgehead atoms. The third kappa shape index (κ3) is 3.01. The molecule has 2 atom stereocenters. The molecular weight excluding hydrogens is 328 g/mol. The first-order valence-corrected chi connectivity index (χ1v) is 8.90. The lowest BCUT2D eigenvalue weighted by Gasteiger charge is -2.40. The summed E-state index contributed by atoms with van der Waals surface area (Å²) in [5.41, 5.74) is 1.87. The molecule has 0 saturated carbocycles. The van der Waals surface area contributed by atoms with Crippen LogP contribution in [0.5, 0.6) is 0 Å². The van der Waals surface area contributed by atoms with Gasteiger partial charge in [0.2, 0.25) is 5.91 Å². The molecule has 2 aliphatic heterocycles. The van der Waals surface area contributed by atoms with E-state index in [0.717, 1.165) is 17.8 Å². The van der Waals surface area contributed by atoms with Crippen molar-refractivity contribution in [3.8, 4) is 0 Å². The van der Waals surface area contributed by atoms with Crippen molar-refractivity contribution >= 4 is 17.7 Å². The van der Waals surface area contributed by atoms with Gasteiger partial charge >= 0.3 is 0 Å². The summed E-state index contributed by atoms with van der Waals surface area (Å²) in [6.45, 7) is 3.77.